The minimum absolute atomic E-state index is 0.177. The Kier molecular flexibility index (Phi) is 6.13. The fraction of sp³-hybridized carbons (Fsp3) is 0.154. The third-order valence-electron chi connectivity index (χ3n) is 4.93. The second-order valence-electron chi connectivity index (χ2n) is 7.13. The van der Waals surface area contributed by atoms with E-state index in [4.69, 9.17) is 14.2 Å². The van der Waals surface area contributed by atoms with Crippen LogP contribution in [0, 0.1) is 0 Å². The molecule has 5 heteroatoms. The van der Waals surface area contributed by atoms with Gasteiger partial charge in [0.2, 0.25) is 5.78 Å². The zero-order chi connectivity index (χ0) is 21.6. The van der Waals surface area contributed by atoms with Crippen LogP contribution in [0.3, 0.4) is 0 Å². The zero-order valence-electron chi connectivity index (χ0n) is 17.2. The molecule has 156 valence electrons. The molecule has 5 nitrogen and oxygen atoms in total. The summed E-state index contributed by atoms with van der Waals surface area (Å²) in [6.07, 6.45) is 2.68. The summed E-state index contributed by atoms with van der Waals surface area (Å²) in [6, 6.07) is 22.3. The highest BCUT2D eigenvalue weighted by molar-refractivity contribution is 6.14. The van der Waals surface area contributed by atoms with Crippen LogP contribution in [0.15, 0.2) is 78.6 Å². The number of hydrogen-bond acceptors (Lipinski definition) is 5. The standard InChI is InChI=1S/C26H22O5/c1-2-18-8-10-19(11-9-18)14-24-26(28)22-13-12-21(15-23(22)31-24)29-17-25(27)30-16-20-6-4-3-5-7-20/h3-15H,2,16-17H2,1H3. The Hall–Kier alpha value is -3.86. The molecule has 0 spiro atoms. The molecule has 0 atom stereocenters. The van der Waals surface area contributed by atoms with E-state index in [0.717, 1.165) is 17.5 Å². The van der Waals surface area contributed by atoms with Gasteiger partial charge in [0.1, 0.15) is 18.1 Å². The lowest BCUT2D eigenvalue weighted by Gasteiger charge is -2.08. The van der Waals surface area contributed by atoms with Gasteiger partial charge in [-0.2, -0.15) is 0 Å². The highest BCUT2D eigenvalue weighted by Gasteiger charge is 2.27. The number of benzene rings is 3. The maximum absolute atomic E-state index is 12.6. The first-order chi connectivity index (χ1) is 15.1. The van der Waals surface area contributed by atoms with Crippen LogP contribution < -0.4 is 9.47 Å². The molecule has 0 N–H and O–H groups in total. The lowest BCUT2D eigenvalue weighted by molar-refractivity contribution is -0.147. The van der Waals surface area contributed by atoms with Crippen LogP contribution >= 0.6 is 0 Å². The van der Waals surface area contributed by atoms with E-state index in [1.54, 1.807) is 24.3 Å². The predicted octanol–water partition coefficient (Wildman–Crippen LogP) is 4.99. The van der Waals surface area contributed by atoms with Gasteiger partial charge in [-0.25, -0.2) is 4.79 Å². The van der Waals surface area contributed by atoms with Gasteiger partial charge in [-0.15, -0.1) is 0 Å². The van der Waals surface area contributed by atoms with Gasteiger partial charge in [-0.3, -0.25) is 4.79 Å². The van der Waals surface area contributed by atoms with E-state index < -0.39 is 5.97 Å². The zero-order valence-corrected chi connectivity index (χ0v) is 17.2. The maximum Gasteiger partial charge on any atom is 0.344 e. The summed E-state index contributed by atoms with van der Waals surface area (Å²) in [5.74, 6) is 0.452. The van der Waals surface area contributed by atoms with Crippen LogP contribution in [0.4, 0.5) is 0 Å². The number of ketones is 1. The third-order valence-corrected chi connectivity index (χ3v) is 4.93. The maximum atomic E-state index is 12.6. The quantitative estimate of drug-likeness (QED) is 0.403. The van der Waals surface area contributed by atoms with Gasteiger partial charge in [-0.1, -0.05) is 61.5 Å². The number of carbonyl (C=O) groups is 2. The van der Waals surface area contributed by atoms with Crippen molar-refractivity contribution < 1.29 is 23.8 Å². The number of Topliss-reactive ketones (excluding diaryl/α,β-unsaturated/α-hetero) is 1. The van der Waals surface area contributed by atoms with E-state index >= 15 is 0 Å². The molecule has 0 unspecified atom stereocenters. The molecule has 0 aromatic heterocycles. The second-order valence-corrected chi connectivity index (χ2v) is 7.13. The summed E-state index contributed by atoms with van der Waals surface area (Å²) in [5.41, 5.74) is 3.50. The molecule has 0 bridgehead atoms. The van der Waals surface area contributed by atoms with Crippen molar-refractivity contribution in [3.05, 3.63) is 101 Å². The molecular formula is C26H22O5. The summed E-state index contributed by atoms with van der Waals surface area (Å²) in [4.78, 5) is 24.5. The second kappa shape index (κ2) is 9.30. The van der Waals surface area contributed by atoms with Gasteiger partial charge < -0.3 is 14.2 Å². The average molecular weight is 414 g/mol. The number of rotatable bonds is 7. The third kappa shape index (κ3) is 5.01. The van der Waals surface area contributed by atoms with E-state index in [2.05, 4.69) is 6.92 Å². The predicted molar refractivity (Wildman–Crippen MR) is 117 cm³/mol. The van der Waals surface area contributed by atoms with Crippen LogP contribution in [-0.4, -0.2) is 18.4 Å². The summed E-state index contributed by atoms with van der Waals surface area (Å²) >= 11 is 0. The molecule has 0 saturated carbocycles. The molecule has 0 saturated heterocycles. The summed E-state index contributed by atoms with van der Waals surface area (Å²) in [6.45, 7) is 2.06. The number of allylic oxidation sites excluding steroid dienone is 1. The molecule has 31 heavy (non-hydrogen) atoms. The first kappa shape index (κ1) is 20.4. The number of hydrogen-bond donors (Lipinski definition) is 0. The topological polar surface area (TPSA) is 61.8 Å². The molecule has 0 aliphatic carbocycles. The van der Waals surface area contributed by atoms with Gasteiger partial charge >= 0.3 is 5.97 Å². The Morgan fingerprint density at radius 3 is 2.48 bits per heavy atom. The highest BCUT2D eigenvalue weighted by atomic mass is 16.6. The van der Waals surface area contributed by atoms with Gasteiger partial charge in [0.05, 0.1) is 5.56 Å². The Morgan fingerprint density at radius 1 is 0.968 bits per heavy atom. The molecule has 0 fully saturated rings. The summed E-state index contributed by atoms with van der Waals surface area (Å²) in [5, 5.41) is 0. The van der Waals surface area contributed by atoms with E-state index in [1.165, 1.54) is 5.56 Å². The van der Waals surface area contributed by atoms with Gasteiger partial charge in [-0.05, 0) is 41.3 Å². The van der Waals surface area contributed by atoms with Crippen molar-refractivity contribution in [1.29, 1.82) is 0 Å². The number of ether oxygens (including phenoxy) is 3. The smallest absolute Gasteiger partial charge is 0.344 e. The monoisotopic (exact) mass is 414 g/mol. The van der Waals surface area contributed by atoms with Crippen molar-refractivity contribution in [2.45, 2.75) is 20.0 Å². The lowest BCUT2D eigenvalue weighted by atomic mass is 10.1. The van der Waals surface area contributed by atoms with E-state index in [9.17, 15) is 9.59 Å². The molecule has 0 amide bonds. The minimum atomic E-state index is -0.475. The molecule has 0 radical (unpaired) electrons. The molecule has 4 rings (SSSR count). The molecule has 3 aromatic rings. The number of carbonyl (C=O) groups excluding carboxylic acids is 2. The molecule has 1 aliphatic rings. The molecular weight excluding hydrogens is 392 g/mol. The van der Waals surface area contributed by atoms with E-state index in [1.807, 2.05) is 54.6 Å². The number of fused-ring (bicyclic) bond motifs is 1. The van der Waals surface area contributed by atoms with Crippen LogP contribution in [-0.2, 0) is 22.6 Å². The van der Waals surface area contributed by atoms with Gasteiger partial charge in [0, 0.05) is 6.07 Å². The SMILES string of the molecule is CCc1ccc(C=C2Oc3cc(OCC(=O)OCc4ccccc4)ccc3C2=O)cc1. The number of aryl methyl sites for hydroxylation is 1. The van der Waals surface area contributed by atoms with Crippen molar-refractivity contribution >= 4 is 17.8 Å². The Labute approximate surface area is 180 Å². The highest BCUT2D eigenvalue weighted by Crippen LogP contribution is 2.34. The molecule has 1 aliphatic heterocycles. The first-order valence-electron chi connectivity index (χ1n) is 10.1. The lowest BCUT2D eigenvalue weighted by Crippen LogP contribution is -2.14. The van der Waals surface area contributed by atoms with Crippen LogP contribution in [0.5, 0.6) is 11.5 Å². The Balaban J connectivity index is 1.36. The van der Waals surface area contributed by atoms with E-state index in [0.29, 0.717) is 17.1 Å². The Morgan fingerprint density at radius 2 is 1.74 bits per heavy atom. The largest absolute Gasteiger partial charge is 0.482 e. The van der Waals surface area contributed by atoms with Crippen LogP contribution in [0.1, 0.15) is 34.0 Å². The van der Waals surface area contributed by atoms with Crippen LogP contribution in [0.25, 0.3) is 6.08 Å². The first-order valence-corrected chi connectivity index (χ1v) is 10.1. The van der Waals surface area contributed by atoms with Crippen molar-refractivity contribution in [3.63, 3.8) is 0 Å². The summed E-state index contributed by atoms with van der Waals surface area (Å²) in [7, 11) is 0. The average Bonchev–Trinajstić information content (AvgIpc) is 3.12. The van der Waals surface area contributed by atoms with Crippen molar-refractivity contribution in [2.24, 2.45) is 0 Å². The Bertz CT molecular complexity index is 1110. The van der Waals surface area contributed by atoms with Crippen molar-refractivity contribution in [1.82, 2.24) is 0 Å². The van der Waals surface area contributed by atoms with Crippen molar-refractivity contribution in [2.75, 3.05) is 6.61 Å². The van der Waals surface area contributed by atoms with Gasteiger partial charge in [0.15, 0.2) is 12.4 Å². The molecule has 1 heterocycles. The molecule has 3 aromatic carbocycles. The van der Waals surface area contributed by atoms with Gasteiger partial charge in [0.25, 0.3) is 0 Å². The minimum Gasteiger partial charge on any atom is -0.482 e. The van der Waals surface area contributed by atoms with Crippen LogP contribution in [0.2, 0.25) is 0 Å². The van der Waals surface area contributed by atoms with E-state index in [-0.39, 0.29) is 24.8 Å². The normalized spacial score (nSPS) is 13.6. The fourth-order valence-electron chi connectivity index (χ4n) is 3.18. The fourth-order valence-corrected chi connectivity index (χ4v) is 3.18. The summed E-state index contributed by atoms with van der Waals surface area (Å²) < 4.78 is 16.5. The number of esters is 1. The van der Waals surface area contributed by atoms with Crippen molar-refractivity contribution in [3.8, 4) is 11.5 Å².